The van der Waals surface area contributed by atoms with Gasteiger partial charge in [-0.05, 0) is 29.9 Å². The molecule has 0 aromatic heterocycles. The van der Waals surface area contributed by atoms with Crippen LogP contribution in [0.25, 0.3) is 0 Å². The van der Waals surface area contributed by atoms with Gasteiger partial charge >= 0.3 is 0 Å². The molecule has 0 radical (unpaired) electrons. The predicted octanol–water partition coefficient (Wildman–Crippen LogP) is 3.13. The molecule has 0 spiro atoms. The van der Waals surface area contributed by atoms with Gasteiger partial charge in [-0.15, -0.1) is 5.16 Å². The van der Waals surface area contributed by atoms with Gasteiger partial charge in [0.2, 0.25) is 0 Å². The van der Waals surface area contributed by atoms with Crippen molar-refractivity contribution >= 4 is 6.21 Å². The van der Waals surface area contributed by atoms with E-state index in [-0.39, 0.29) is 0 Å². The number of benzene rings is 1. The standard InChI is InChI=1S/C12H15NO/c1-9-6-7-10(8-13-14)12-5-3-2-4-11(9)12/h2-5,8-10,14H,6-7H2,1H3. The van der Waals surface area contributed by atoms with E-state index >= 15 is 0 Å². The molecule has 14 heavy (non-hydrogen) atoms. The summed E-state index contributed by atoms with van der Waals surface area (Å²) in [4.78, 5) is 0. The number of oxime groups is 1. The van der Waals surface area contributed by atoms with Crippen LogP contribution in [0.5, 0.6) is 0 Å². The molecular weight excluding hydrogens is 174 g/mol. The molecule has 0 aliphatic heterocycles. The Morgan fingerprint density at radius 2 is 2.00 bits per heavy atom. The van der Waals surface area contributed by atoms with Crippen LogP contribution in [0.4, 0.5) is 0 Å². The third kappa shape index (κ3) is 1.52. The highest BCUT2D eigenvalue weighted by molar-refractivity contribution is 5.68. The van der Waals surface area contributed by atoms with E-state index in [1.165, 1.54) is 17.5 Å². The molecule has 1 aromatic rings. The number of hydrogen-bond donors (Lipinski definition) is 1. The molecule has 1 aromatic carbocycles. The minimum Gasteiger partial charge on any atom is -0.411 e. The van der Waals surface area contributed by atoms with E-state index in [9.17, 15) is 0 Å². The zero-order chi connectivity index (χ0) is 9.97. The van der Waals surface area contributed by atoms with Gasteiger partial charge in [-0.1, -0.05) is 31.2 Å². The second-order valence-electron chi connectivity index (χ2n) is 3.98. The summed E-state index contributed by atoms with van der Waals surface area (Å²) in [6, 6.07) is 8.44. The predicted molar refractivity (Wildman–Crippen MR) is 57.1 cm³/mol. The molecule has 2 atom stereocenters. The van der Waals surface area contributed by atoms with Crippen molar-refractivity contribution in [2.45, 2.75) is 31.6 Å². The van der Waals surface area contributed by atoms with Crippen molar-refractivity contribution in [3.8, 4) is 0 Å². The first-order chi connectivity index (χ1) is 6.83. The molecule has 2 rings (SSSR count). The Kier molecular flexibility index (Phi) is 2.53. The Morgan fingerprint density at radius 1 is 1.29 bits per heavy atom. The lowest BCUT2D eigenvalue weighted by Crippen LogP contribution is -2.13. The van der Waals surface area contributed by atoms with Crippen LogP contribution in [0.3, 0.4) is 0 Å². The summed E-state index contributed by atoms with van der Waals surface area (Å²) < 4.78 is 0. The summed E-state index contributed by atoms with van der Waals surface area (Å²) in [7, 11) is 0. The molecule has 1 N–H and O–H groups in total. The van der Waals surface area contributed by atoms with E-state index < -0.39 is 0 Å². The molecular formula is C12H15NO. The molecule has 1 aliphatic carbocycles. The first kappa shape index (κ1) is 9.25. The smallest absolute Gasteiger partial charge is 0.0510 e. The van der Waals surface area contributed by atoms with Gasteiger partial charge in [0.1, 0.15) is 0 Å². The van der Waals surface area contributed by atoms with Crippen molar-refractivity contribution in [3.05, 3.63) is 35.4 Å². The highest BCUT2D eigenvalue weighted by Crippen LogP contribution is 2.37. The van der Waals surface area contributed by atoms with Crippen molar-refractivity contribution in [2.24, 2.45) is 5.16 Å². The minimum absolute atomic E-state index is 0.299. The number of rotatable bonds is 1. The summed E-state index contributed by atoms with van der Waals surface area (Å²) in [6.07, 6.45) is 3.90. The van der Waals surface area contributed by atoms with E-state index in [4.69, 9.17) is 5.21 Å². The Balaban J connectivity index is 2.41. The largest absolute Gasteiger partial charge is 0.411 e. The number of nitrogens with zero attached hydrogens (tertiary/aromatic N) is 1. The van der Waals surface area contributed by atoms with Crippen LogP contribution < -0.4 is 0 Å². The lowest BCUT2D eigenvalue weighted by Gasteiger charge is -2.26. The second-order valence-corrected chi connectivity index (χ2v) is 3.98. The average molecular weight is 189 g/mol. The maximum Gasteiger partial charge on any atom is 0.0510 e. The number of fused-ring (bicyclic) bond motifs is 1. The molecule has 0 saturated heterocycles. The molecule has 0 heterocycles. The highest BCUT2D eigenvalue weighted by atomic mass is 16.4. The molecule has 2 nitrogen and oxygen atoms in total. The van der Waals surface area contributed by atoms with Crippen molar-refractivity contribution in [1.29, 1.82) is 0 Å². The summed E-state index contributed by atoms with van der Waals surface area (Å²) in [5, 5.41) is 11.7. The Hall–Kier alpha value is -1.31. The van der Waals surface area contributed by atoms with Gasteiger partial charge in [0.25, 0.3) is 0 Å². The van der Waals surface area contributed by atoms with Gasteiger partial charge in [0, 0.05) is 5.92 Å². The zero-order valence-electron chi connectivity index (χ0n) is 8.35. The fourth-order valence-corrected chi connectivity index (χ4v) is 2.27. The van der Waals surface area contributed by atoms with Crippen LogP contribution in [0.1, 0.15) is 42.7 Å². The van der Waals surface area contributed by atoms with E-state index in [1.807, 2.05) is 0 Å². The van der Waals surface area contributed by atoms with Gasteiger partial charge in [-0.25, -0.2) is 0 Å². The third-order valence-electron chi connectivity index (χ3n) is 3.08. The maximum absolute atomic E-state index is 8.58. The summed E-state index contributed by atoms with van der Waals surface area (Å²) in [5.41, 5.74) is 2.73. The zero-order valence-corrected chi connectivity index (χ0v) is 8.35. The topological polar surface area (TPSA) is 32.6 Å². The summed E-state index contributed by atoms with van der Waals surface area (Å²) >= 11 is 0. The van der Waals surface area contributed by atoms with Crippen molar-refractivity contribution in [3.63, 3.8) is 0 Å². The lowest BCUT2D eigenvalue weighted by atomic mass is 9.78. The maximum atomic E-state index is 8.58. The molecule has 0 fully saturated rings. The summed E-state index contributed by atoms with van der Waals surface area (Å²) in [6.45, 7) is 2.26. The molecule has 0 amide bonds. The first-order valence-electron chi connectivity index (χ1n) is 5.09. The quantitative estimate of drug-likeness (QED) is 0.411. The Bertz CT molecular complexity index is 346. The highest BCUT2D eigenvalue weighted by Gasteiger charge is 2.22. The molecule has 2 heteroatoms. The molecule has 2 unspecified atom stereocenters. The molecule has 1 aliphatic rings. The molecule has 0 bridgehead atoms. The monoisotopic (exact) mass is 189 g/mol. The second kappa shape index (κ2) is 3.82. The van der Waals surface area contributed by atoms with Gasteiger partial charge in [0.05, 0.1) is 6.21 Å². The molecule has 74 valence electrons. The normalized spacial score (nSPS) is 26.4. The fraction of sp³-hybridized carbons (Fsp3) is 0.417. The molecule has 0 saturated carbocycles. The minimum atomic E-state index is 0.299. The first-order valence-corrected chi connectivity index (χ1v) is 5.09. The number of hydrogen-bond acceptors (Lipinski definition) is 2. The van der Waals surface area contributed by atoms with E-state index in [0.717, 1.165) is 6.42 Å². The van der Waals surface area contributed by atoms with Crippen LogP contribution in [-0.4, -0.2) is 11.4 Å². The van der Waals surface area contributed by atoms with Gasteiger partial charge < -0.3 is 5.21 Å². The van der Waals surface area contributed by atoms with Crippen molar-refractivity contribution < 1.29 is 5.21 Å². The Morgan fingerprint density at radius 3 is 2.71 bits per heavy atom. The van der Waals surface area contributed by atoms with Gasteiger partial charge in [0.15, 0.2) is 0 Å². The fourth-order valence-electron chi connectivity index (χ4n) is 2.27. The van der Waals surface area contributed by atoms with Crippen LogP contribution in [-0.2, 0) is 0 Å². The SMILES string of the molecule is CC1CCC(C=NO)c2ccccc21. The third-order valence-corrected chi connectivity index (χ3v) is 3.08. The van der Waals surface area contributed by atoms with Crippen LogP contribution in [0.15, 0.2) is 29.4 Å². The van der Waals surface area contributed by atoms with Crippen LogP contribution in [0.2, 0.25) is 0 Å². The lowest BCUT2D eigenvalue weighted by molar-refractivity contribution is 0.319. The van der Waals surface area contributed by atoms with Gasteiger partial charge in [-0.2, -0.15) is 0 Å². The van der Waals surface area contributed by atoms with Crippen LogP contribution >= 0.6 is 0 Å². The van der Waals surface area contributed by atoms with Crippen molar-refractivity contribution in [1.82, 2.24) is 0 Å². The average Bonchev–Trinajstić information content (AvgIpc) is 2.23. The van der Waals surface area contributed by atoms with E-state index in [0.29, 0.717) is 11.8 Å². The Labute approximate surface area is 84.3 Å². The van der Waals surface area contributed by atoms with Crippen molar-refractivity contribution in [2.75, 3.05) is 0 Å². The van der Waals surface area contributed by atoms with E-state index in [2.05, 4.69) is 36.3 Å². The van der Waals surface area contributed by atoms with Gasteiger partial charge in [-0.3, -0.25) is 0 Å². The van der Waals surface area contributed by atoms with Crippen LogP contribution in [0, 0.1) is 0 Å². The summed E-state index contributed by atoms with van der Waals surface area (Å²) in [5.74, 6) is 0.932. The van der Waals surface area contributed by atoms with E-state index in [1.54, 1.807) is 6.21 Å².